The molecule has 1 aliphatic rings. The number of benzene rings is 2. The number of carbonyl (C=O) groups excluding carboxylic acids is 2. The monoisotopic (exact) mass is 339 g/mol. The lowest BCUT2D eigenvalue weighted by atomic mass is 10.1. The summed E-state index contributed by atoms with van der Waals surface area (Å²) in [5.41, 5.74) is 8.20. The molecular formula is C19H21N3O3. The van der Waals surface area contributed by atoms with Crippen molar-refractivity contribution in [1.29, 1.82) is 0 Å². The van der Waals surface area contributed by atoms with Crippen molar-refractivity contribution in [2.24, 2.45) is 5.73 Å². The van der Waals surface area contributed by atoms with Crippen molar-refractivity contribution in [3.63, 3.8) is 0 Å². The van der Waals surface area contributed by atoms with E-state index in [1.807, 2.05) is 36.4 Å². The molecule has 3 rings (SSSR count). The molecule has 6 heteroatoms. The van der Waals surface area contributed by atoms with Crippen LogP contribution in [0.1, 0.15) is 15.9 Å². The quantitative estimate of drug-likeness (QED) is 0.870. The number of rotatable bonds is 5. The second kappa shape index (κ2) is 7.81. The van der Waals surface area contributed by atoms with Crippen molar-refractivity contribution >= 4 is 23.2 Å². The summed E-state index contributed by atoms with van der Waals surface area (Å²) in [6.45, 7) is 2.65. The van der Waals surface area contributed by atoms with Gasteiger partial charge in [-0.1, -0.05) is 30.3 Å². The molecule has 1 heterocycles. The second-order valence-electron chi connectivity index (χ2n) is 5.91. The molecule has 2 amide bonds. The van der Waals surface area contributed by atoms with E-state index in [0.29, 0.717) is 37.6 Å². The summed E-state index contributed by atoms with van der Waals surface area (Å²) >= 11 is 0. The number of nitrogens with two attached hydrogens (primary N) is 1. The standard InChI is InChI=1S/C19H21N3O3/c20-19(24)16-13-15(6-7-17(16)22-8-10-25-11-9-22)21-18(23)12-14-4-2-1-3-5-14/h1-7,13H,8-12H2,(H2,20,24)(H,21,23). The summed E-state index contributed by atoms with van der Waals surface area (Å²) in [7, 11) is 0. The molecule has 0 spiro atoms. The molecule has 6 nitrogen and oxygen atoms in total. The van der Waals surface area contributed by atoms with E-state index >= 15 is 0 Å². The Bertz CT molecular complexity index is 756. The van der Waals surface area contributed by atoms with Gasteiger partial charge in [-0.15, -0.1) is 0 Å². The van der Waals surface area contributed by atoms with Gasteiger partial charge in [0.25, 0.3) is 5.91 Å². The highest BCUT2D eigenvalue weighted by atomic mass is 16.5. The fraction of sp³-hybridized carbons (Fsp3) is 0.263. The molecule has 1 aliphatic heterocycles. The number of amides is 2. The largest absolute Gasteiger partial charge is 0.378 e. The Kier molecular flexibility index (Phi) is 5.30. The van der Waals surface area contributed by atoms with Gasteiger partial charge in [-0.25, -0.2) is 0 Å². The third-order valence-corrected chi connectivity index (χ3v) is 4.11. The molecule has 3 N–H and O–H groups in total. The molecule has 1 fully saturated rings. The molecule has 0 radical (unpaired) electrons. The number of nitrogens with one attached hydrogen (secondary N) is 1. The van der Waals surface area contributed by atoms with Crippen molar-refractivity contribution in [1.82, 2.24) is 0 Å². The number of carbonyl (C=O) groups is 2. The minimum Gasteiger partial charge on any atom is -0.378 e. The Morgan fingerprint density at radius 1 is 1.08 bits per heavy atom. The van der Waals surface area contributed by atoms with Gasteiger partial charge in [-0.05, 0) is 23.8 Å². The molecule has 0 atom stereocenters. The zero-order chi connectivity index (χ0) is 17.6. The Hall–Kier alpha value is -2.86. The molecule has 130 valence electrons. The number of hydrogen-bond acceptors (Lipinski definition) is 4. The lowest BCUT2D eigenvalue weighted by Crippen LogP contribution is -2.37. The van der Waals surface area contributed by atoms with E-state index < -0.39 is 5.91 Å². The Balaban J connectivity index is 1.74. The van der Waals surface area contributed by atoms with E-state index in [-0.39, 0.29) is 12.3 Å². The van der Waals surface area contributed by atoms with E-state index in [1.165, 1.54) is 0 Å². The summed E-state index contributed by atoms with van der Waals surface area (Å²) < 4.78 is 5.34. The van der Waals surface area contributed by atoms with Crippen molar-refractivity contribution in [3.8, 4) is 0 Å². The van der Waals surface area contributed by atoms with Gasteiger partial charge >= 0.3 is 0 Å². The fourth-order valence-electron chi connectivity index (χ4n) is 2.88. The van der Waals surface area contributed by atoms with Gasteiger partial charge in [0.15, 0.2) is 0 Å². The number of morpholine rings is 1. The summed E-state index contributed by atoms with van der Waals surface area (Å²) in [6.07, 6.45) is 0.276. The zero-order valence-corrected chi connectivity index (χ0v) is 13.9. The first-order chi connectivity index (χ1) is 12.1. The molecule has 2 aromatic carbocycles. The third-order valence-electron chi connectivity index (χ3n) is 4.11. The van der Waals surface area contributed by atoms with Crippen LogP contribution in [0.2, 0.25) is 0 Å². The topological polar surface area (TPSA) is 84.7 Å². The van der Waals surface area contributed by atoms with Gasteiger partial charge < -0.3 is 20.7 Å². The van der Waals surface area contributed by atoms with Crippen LogP contribution in [0.25, 0.3) is 0 Å². The van der Waals surface area contributed by atoms with E-state index in [0.717, 1.165) is 11.3 Å². The normalized spacial score (nSPS) is 14.2. The molecular weight excluding hydrogens is 318 g/mol. The third kappa shape index (κ3) is 4.36. The molecule has 0 aliphatic carbocycles. The van der Waals surface area contributed by atoms with Gasteiger partial charge in [0.05, 0.1) is 25.2 Å². The van der Waals surface area contributed by atoms with Crippen LogP contribution in [0.5, 0.6) is 0 Å². The molecule has 0 saturated carbocycles. The highest BCUT2D eigenvalue weighted by Crippen LogP contribution is 2.25. The van der Waals surface area contributed by atoms with Crippen molar-refractivity contribution in [3.05, 3.63) is 59.7 Å². The predicted octanol–water partition coefficient (Wildman–Crippen LogP) is 1.80. The second-order valence-corrected chi connectivity index (χ2v) is 5.91. The smallest absolute Gasteiger partial charge is 0.250 e. The maximum atomic E-state index is 12.2. The number of anilines is 2. The average Bonchev–Trinajstić information content (AvgIpc) is 2.63. The summed E-state index contributed by atoms with van der Waals surface area (Å²) in [4.78, 5) is 26.1. The van der Waals surface area contributed by atoms with Crippen molar-refractivity contribution in [2.45, 2.75) is 6.42 Å². The van der Waals surface area contributed by atoms with Crippen molar-refractivity contribution in [2.75, 3.05) is 36.5 Å². The average molecular weight is 339 g/mol. The van der Waals surface area contributed by atoms with Crippen LogP contribution in [0.3, 0.4) is 0 Å². The Morgan fingerprint density at radius 3 is 2.48 bits per heavy atom. The van der Waals surface area contributed by atoms with E-state index in [4.69, 9.17) is 10.5 Å². The highest BCUT2D eigenvalue weighted by Gasteiger charge is 2.18. The predicted molar refractivity (Wildman–Crippen MR) is 96.8 cm³/mol. The van der Waals surface area contributed by atoms with Crippen LogP contribution >= 0.6 is 0 Å². The lowest BCUT2D eigenvalue weighted by molar-refractivity contribution is -0.115. The minimum absolute atomic E-state index is 0.138. The van der Waals surface area contributed by atoms with Crippen LogP contribution < -0.4 is 16.0 Å². The minimum atomic E-state index is -0.513. The number of hydrogen-bond donors (Lipinski definition) is 2. The fourth-order valence-corrected chi connectivity index (χ4v) is 2.88. The van der Waals surface area contributed by atoms with E-state index in [9.17, 15) is 9.59 Å². The van der Waals surface area contributed by atoms with Crippen LogP contribution in [-0.4, -0.2) is 38.1 Å². The molecule has 2 aromatic rings. The van der Waals surface area contributed by atoms with Crippen LogP contribution in [-0.2, 0) is 16.0 Å². The van der Waals surface area contributed by atoms with Gasteiger partial charge in [0.2, 0.25) is 5.91 Å². The summed E-state index contributed by atoms with van der Waals surface area (Å²) in [5, 5.41) is 2.83. The number of primary amides is 1. The molecule has 0 unspecified atom stereocenters. The van der Waals surface area contributed by atoms with Crippen LogP contribution in [0.4, 0.5) is 11.4 Å². The number of nitrogens with zero attached hydrogens (tertiary/aromatic N) is 1. The molecule has 0 bridgehead atoms. The SMILES string of the molecule is NC(=O)c1cc(NC(=O)Cc2ccccc2)ccc1N1CCOCC1. The Labute approximate surface area is 146 Å². The molecule has 1 saturated heterocycles. The first-order valence-electron chi connectivity index (χ1n) is 8.24. The summed E-state index contributed by atoms with van der Waals surface area (Å²) in [6, 6.07) is 14.7. The first-order valence-corrected chi connectivity index (χ1v) is 8.24. The van der Waals surface area contributed by atoms with E-state index in [1.54, 1.807) is 12.1 Å². The maximum Gasteiger partial charge on any atom is 0.250 e. The van der Waals surface area contributed by atoms with Gasteiger partial charge in [-0.2, -0.15) is 0 Å². The number of ether oxygens (including phenoxy) is 1. The highest BCUT2D eigenvalue weighted by molar-refractivity contribution is 6.01. The van der Waals surface area contributed by atoms with Gasteiger partial charge in [0, 0.05) is 24.5 Å². The van der Waals surface area contributed by atoms with E-state index in [2.05, 4.69) is 10.2 Å². The molecule has 0 aromatic heterocycles. The van der Waals surface area contributed by atoms with Crippen LogP contribution in [0, 0.1) is 0 Å². The summed E-state index contributed by atoms with van der Waals surface area (Å²) in [5.74, 6) is -0.651. The maximum absolute atomic E-state index is 12.2. The lowest BCUT2D eigenvalue weighted by Gasteiger charge is -2.30. The first kappa shape index (κ1) is 17.0. The molecule has 25 heavy (non-hydrogen) atoms. The zero-order valence-electron chi connectivity index (χ0n) is 13.9. The van der Waals surface area contributed by atoms with Crippen LogP contribution in [0.15, 0.2) is 48.5 Å². The van der Waals surface area contributed by atoms with Gasteiger partial charge in [0.1, 0.15) is 0 Å². The van der Waals surface area contributed by atoms with Crippen molar-refractivity contribution < 1.29 is 14.3 Å². The van der Waals surface area contributed by atoms with Gasteiger partial charge in [-0.3, -0.25) is 9.59 Å². The Morgan fingerprint density at radius 2 is 1.80 bits per heavy atom.